The monoisotopic (exact) mass is 192 g/mol. The van der Waals surface area contributed by atoms with Gasteiger partial charge in [0.2, 0.25) is 0 Å². The predicted octanol–water partition coefficient (Wildman–Crippen LogP) is 2.05. The maximum Gasteiger partial charge on any atom is 0.0814 e. The van der Waals surface area contributed by atoms with E-state index in [0.29, 0.717) is 12.8 Å². The second-order valence-corrected chi connectivity index (χ2v) is 3.34. The first-order valence-electron chi connectivity index (χ1n) is 4.76. The lowest BCUT2D eigenvalue weighted by Crippen LogP contribution is -2.11. The van der Waals surface area contributed by atoms with Gasteiger partial charge in [0, 0.05) is 6.42 Å². The maximum atomic E-state index is 9.72. The molecule has 0 heterocycles. The van der Waals surface area contributed by atoms with Gasteiger partial charge in [0.1, 0.15) is 0 Å². The van der Waals surface area contributed by atoms with Gasteiger partial charge in [-0.3, -0.25) is 0 Å². The second kappa shape index (κ2) is 5.58. The fourth-order valence-corrected chi connectivity index (χ4v) is 1.36. The maximum absolute atomic E-state index is 9.72. The minimum absolute atomic E-state index is 0.357. The van der Waals surface area contributed by atoms with Crippen molar-refractivity contribution < 1.29 is 10.2 Å². The molecule has 0 aliphatic heterocycles. The molecule has 1 aromatic carbocycles. The Hall–Kier alpha value is -1.12. The summed E-state index contributed by atoms with van der Waals surface area (Å²) in [7, 11) is 0. The van der Waals surface area contributed by atoms with Crippen molar-refractivity contribution in [2.75, 3.05) is 0 Å². The van der Waals surface area contributed by atoms with Gasteiger partial charge in [-0.25, -0.2) is 0 Å². The molecule has 0 aromatic heterocycles. The Bertz CT molecular complexity index is 269. The summed E-state index contributed by atoms with van der Waals surface area (Å²) >= 11 is 0. The largest absolute Gasteiger partial charge is 0.393 e. The molecular weight excluding hydrogens is 176 g/mol. The first-order chi connectivity index (χ1) is 6.74. The highest BCUT2D eigenvalue weighted by atomic mass is 16.3. The molecular formula is C12H16O2. The fraction of sp³-hybridized carbons (Fsp3) is 0.333. The molecule has 2 atom stereocenters. The van der Waals surface area contributed by atoms with Gasteiger partial charge in [-0.05, 0) is 12.0 Å². The highest BCUT2D eigenvalue weighted by Gasteiger charge is 2.11. The first-order valence-corrected chi connectivity index (χ1v) is 4.76. The molecule has 0 spiro atoms. The SMILES string of the molecule is C=CC[C@@H](O)C[C@@H](O)c1ccccc1. The lowest BCUT2D eigenvalue weighted by atomic mass is 10.0. The quantitative estimate of drug-likeness (QED) is 0.701. The smallest absolute Gasteiger partial charge is 0.0814 e. The first kappa shape index (κ1) is 11.0. The van der Waals surface area contributed by atoms with E-state index in [0.717, 1.165) is 5.56 Å². The van der Waals surface area contributed by atoms with E-state index in [9.17, 15) is 10.2 Å². The normalized spacial score (nSPS) is 14.7. The van der Waals surface area contributed by atoms with E-state index in [4.69, 9.17) is 0 Å². The average molecular weight is 192 g/mol. The lowest BCUT2D eigenvalue weighted by Gasteiger charge is -2.14. The molecule has 0 amide bonds. The summed E-state index contributed by atoms with van der Waals surface area (Å²) in [4.78, 5) is 0. The average Bonchev–Trinajstić information content (AvgIpc) is 2.19. The summed E-state index contributed by atoms with van der Waals surface area (Å²) in [6.07, 6.45) is 1.43. The third-order valence-electron chi connectivity index (χ3n) is 2.12. The number of rotatable bonds is 5. The van der Waals surface area contributed by atoms with E-state index in [1.807, 2.05) is 30.3 Å². The van der Waals surface area contributed by atoms with Crippen LogP contribution < -0.4 is 0 Å². The van der Waals surface area contributed by atoms with Gasteiger partial charge in [-0.15, -0.1) is 6.58 Å². The lowest BCUT2D eigenvalue weighted by molar-refractivity contribution is 0.0822. The number of hydrogen-bond acceptors (Lipinski definition) is 2. The van der Waals surface area contributed by atoms with Crippen LogP contribution in [0.4, 0.5) is 0 Å². The van der Waals surface area contributed by atoms with E-state index in [1.54, 1.807) is 6.08 Å². The number of hydrogen-bond donors (Lipinski definition) is 2. The van der Waals surface area contributed by atoms with Gasteiger partial charge in [0.25, 0.3) is 0 Å². The summed E-state index contributed by atoms with van der Waals surface area (Å²) < 4.78 is 0. The Morgan fingerprint density at radius 1 is 1.21 bits per heavy atom. The van der Waals surface area contributed by atoms with Crippen LogP contribution in [-0.2, 0) is 0 Å². The zero-order valence-electron chi connectivity index (χ0n) is 8.13. The Morgan fingerprint density at radius 3 is 2.43 bits per heavy atom. The highest BCUT2D eigenvalue weighted by Crippen LogP contribution is 2.18. The predicted molar refractivity (Wildman–Crippen MR) is 56.8 cm³/mol. The molecule has 14 heavy (non-hydrogen) atoms. The topological polar surface area (TPSA) is 40.5 Å². The van der Waals surface area contributed by atoms with Crippen LogP contribution in [0.3, 0.4) is 0 Å². The van der Waals surface area contributed by atoms with Crippen LogP contribution in [0, 0.1) is 0 Å². The fourth-order valence-electron chi connectivity index (χ4n) is 1.36. The summed E-state index contributed by atoms with van der Waals surface area (Å²) in [5.41, 5.74) is 0.843. The van der Waals surface area contributed by atoms with E-state index in [2.05, 4.69) is 6.58 Å². The summed E-state index contributed by atoms with van der Waals surface area (Å²) in [5.74, 6) is 0. The highest BCUT2D eigenvalue weighted by molar-refractivity contribution is 5.17. The number of aliphatic hydroxyl groups excluding tert-OH is 2. The van der Waals surface area contributed by atoms with Crippen LogP contribution >= 0.6 is 0 Å². The molecule has 2 N–H and O–H groups in total. The molecule has 0 saturated carbocycles. The van der Waals surface area contributed by atoms with Crippen molar-refractivity contribution in [3.63, 3.8) is 0 Å². The minimum atomic E-state index is -0.592. The van der Waals surface area contributed by atoms with Gasteiger partial charge in [0.15, 0.2) is 0 Å². The van der Waals surface area contributed by atoms with E-state index in [1.165, 1.54) is 0 Å². The summed E-state index contributed by atoms with van der Waals surface area (Å²) in [6, 6.07) is 9.35. The Morgan fingerprint density at radius 2 is 1.86 bits per heavy atom. The van der Waals surface area contributed by atoms with Crippen molar-refractivity contribution in [1.29, 1.82) is 0 Å². The van der Waals surface area contributed by atoms with Crippen LogP contribution in [0.25, 0.3) is 0 Å². The van der Waals surface area contributed by atoms with Crippen LogP contribution in [0.1, 0.15) is 24.5 Å². The van der Waals surface area contributed by atoms with Gasteiger partial charge >= 0.3 is 0 Å². The summed E-state index contributed by atoms with van der Waals surface area (Å²) in [6.45, 7) is 3.54. The molecule has 0 bridgehead atoms. The van der Waals surface area contributed by atoms with E-state index in [-0.39, 0.29) is 0 Å². The van der Waals surface area contributed by atoms with E-state index < -0.39 is 12.2 Å². The molecule has 0 radical (unpaired) electrons. The standard InChI is InChI=1S/C12H16O2/c1-2-6-11(13)9-12(14)10-7-4-3-5-8-10/h2-5,7-8,11-14H,1,6,9H2/t11-,12-/m1/s1. The molecule has 2 nitrogen and oxygen atoms in total. The summed E-state index contributed by atoms with van der Waals surface area (Å²) in [5, 5.41) is 19.2. The van der Waals surface area contributed by atoms with Gasteiger partial charge in [0.05, 0.1) is 12.2 Å². The Kier molecular flexibility index (Phi) is 4.36. The molecule has 0 aliphatic carbocycles. The van der Waals surface area contributed by atoms with Crippen LogP contribution in [0.5, 0.6) is 0 Å². The molecule has 0 saturated heterocycles. The van der Waals surface area contributed by atoms with Crippen LogP contribution in [0.15, 0.2) is 43.0 Å². The van der Waals surface area contributed by atoms with Crippen molar-refractivity contribution in [2.45, 2.75) is 25.0 Å². The zero-order chi connectivity index (χ0) is 10.4. The van der Waals surface area contributed by atoms with Crippen molar-refractivity contribution in [3.8, 4) is 0 Å². The molecule has 1 rings (SSSR count). The molecule has 0 fully saturated rings. The molecule has 0 aliphatic rings. The third-order valence-corrected chi connectivity index (χ3v) is 2.12. The van der Waals surface area contributed by atoms with Gasteiger partial charge in [-0.1, -0.05) is 36.4 Å². The van der Waals surface area contributed by atoms with Gasteiger partial charge in [-0.2, -0.15) is 0 Å². The van der Waals surface area contributed by atoms with Crippen molar-refractivity contribution in [2.24, 2.45) is 0 Å². The van der Waals surface area contributed by atoms with Crippen molar-refractivity contribution in [1.82, 2.24) is 0 Å². The van der Waals surface area contributed by atoms with Crippen LogP contribution in [0.2, 0.25) is 0 Å². The zero-order valence-corrected chi connectivity index (χ0v) is 8.13. The van der Waals surface area contributed by atoms with E-state index >= 15 is 0 Å². The minimum Gasteiger partial charge on any atom is -0.393 e. The molecule has 0 unspecified atom stereocenters. The van der Waals surface area contributed by atoms with Crippen molar-refractivity contribution in [3.05, 3.63) is 48.6 Å². The molecule has 1 aromatic rings. The number of aliphatic hydroxyl groups is 2. The van der Waals surface area contributed by atoms with Crippen molar-refractivity contribution >= 4 is 0 Å². The molecule has 2 heteroatoms. The second-order valence-electron chi connectivity index (χ2n) is 3.34. The number of benzene rings is 1. The molecule has 76 valence electrons. The Balaban J connectivity index is 2.50. The van der Waals surface area contributed by atoms with Crippen LogP contribution in [-0.4, -0.2) is 16.3 Å². The Labute approximate surface area is 84.5 Å². The third kappa shape index (κ3) is 3.32. The van der Waals surface area contributed by atoms with Gasteiger partial charge < -0.3 is 10.2 Å².